The Hall–Kier alpha value is 0.0700. The molecule has 0 spiro atoms. The maximum Gasteiger partial charge on any atom is 0.0152 e. The molecular formula is C8H18NO2S-. The van der Waals surface area contributed by atoms with Gasteiger partial charge in [-0.25, -0.2) is 0 Å². The van der Waals surface area contributed by atoms with Crippen molar-refractivity contribution < 1.29 is 8.76 Å². The quantitative estimate of drug-likeness (QED) is 0.594. The molecule has 0 bridgehead atoms. The molecule has 0 saturated heterocycles. The molecule has 12 heavy (non-hydrogen) atoms. The molecule has 1 rings (SSSR count). The molecule has 74 valence electrons. The third-order valence-electron chi connectivity index (χ3n) is 2.21. The molecule has 0 aromatic rings. The van der Waals surface area contributed by atoms with Crippen molar-refractivity contribution in [2.75, 3.05) is 0 Å². The van der Waals surface area contributed by atoms with E-state index in [9.17, 15) is 0 Å². The van der Waals surface area contributed by atoms with Crippen LogP contribution in [0.15, 0.2) is 0 Å². The van der Waals surface area contributed by atoms with Crippen LogP contribution in [0.25, 0.3) is 0 Å². The molecule has 1 aliphatic carbocycles. The smallest absolute Gasteiger partial charge is 0.0152 e. The van der Waals surface area contributed by atoms with Gasteiger partial charge in [0.15, 0.2) is 0 Å². The van der Waals surface area contributed by atoms with Gasteiger partial charge in [-0.1, -0.05) is 33.1 Å². The van der Waals surface area contributed by atoms with Crippen molar-refractivity contribution in [2.24, 2.45) is 10.6 Å². The first-order valence-corrected chi connectivity index (χ1v) is 5.41. The largest absolute Gasteiger partial charge is 0.760 e. The van der Waals surface area contributed by atoms with Crippen molar-refractivity contribution >= 4 is 11.3 Å². The zero-order valence-corrected chi connectivity index (χ0v) is 8.65. The Morgan fingerprint density at radius 3 is 1.75 bits per heavy atom. The molecule has 0 radical (unpaired) electrons. The molecule has 3 nitrogen and oxygen atoms in total. The second-order valence-electron chi connectivity index (χ2n) is 3.99. The van der Waals surface area contributed by atoms with E-state index in [0.717, 1.165) is 0 Å². The fourth-order valence-corrected chi connectivity index (χ4v) is 1.51. The lowest BCUT2D eigenvalue weighted by Gasteiger charge is -2.28. The number of hydrogen-bond acceptors (Lipinski definition) is 2. The van der Waals surface area contributed by atoms with Gasteiger partial charge in [0.1, 0.15) is 0 Å². The predicted molar refractivity (Wildman–Crippen MR) is 50.0 cm³/mol. The lowest BCUT2D eigenvalue weighted by Crippen LogP contribution is -2.14. The van der Waals surface area contributed by atoms with Crippen LogP contribution in [-0.2, 0) is 11.3 Å². The maximum absolute atomic E-state index is 8.78. The van der Waals surface area contributed by atoms with E-state index in [1.807, 2.05) is 0 Å². The van der Waals surface area contributed by atoms with E-state index < -0.39 is 11.3 Å². The van der Waals surface area contributed by atoms with Crippen LogP contribution in [-0.4, -0.2) is 8.76 Å². The van der Waals surface area contributed by atoms with Gasteiger partial charge in [-0.15, -0.1) is 0 Å². The Labute approximate surface area is 77.1 Å². The van der Waals surface area contributed by atoms with E-state index in [-0.39, 0.29) is 0 Å². The normalized spacial score (nSPS) is 23.7. The van der Waals surface area contributed by atoms with Crippen molar-refractivity contribution in [3.05, 3.63) is 0 Å². The minimum Gasteiger partial charge on any atom is -0.760 e. The van der Waals surface area contributed by atoms with Crippen LogP contribution in [0.4, 0.5) is 0 Å². The molecule has 0 aromatic heterocycles. The highest BCUT2D eigenvalue weighted by molar-refractivity contribution is 7.76. The standard InChI is InChI=1S/C8H16.H3NO2S/c1-8(2)6-4-3-5-7-8;1-4(2)3/h3-7H2,1-2H3;1H2,(H,2,3)/p-1. The molecule has 1 saturated carbocycles. The topological polar surface area (TPSA) is 66.2 Å². The van der Waals surface area contributed by atoms with E-state index >= 15 is 0 Å². The van der Waals surface area contributed by atoms with Gasteiger partial charge < -0.3 is 4.55 Å². The minimum atomic E-state index is -2.36. The van der Waals surface area contributed by atoms with E-state index in [4.69, 9.17) is 8.76 Å². The van der Waals surface area contributed by atoms with E-state index in [2.05, 4.69) is 19.0 Å². The van der Waals surface area contributed by atoms with Crippen LogP contribution in [0.5, 0.6) is 0 Å². The summed E-state index contributed by atoms with van der Waals surface area (Å²) in [7, 11) is 0. The van der Waals surface area contributed by atoms with Crippen LogP contribution in [0.3, 0.4) is 0 Å². The van der Waals surface area contributed by atoms with Gasteiger partial charge >= 0.3 is 0 Å². The van der Waals surface area contributed by atoms with Crippen LogP contribution >= 0.6 is 0 Å². The molecule has 0 aromatic carbocycles. The highest BCUT2D eigenvalue weighted by Crippen LogP contribution is 2.34. The Kier molecular flexibility index (Phi) is 5.70. The zero-order chi connectivity index (χ0) is 9.61. The Bertz CT molecular complexity index is 136. The first-order chi connectivity index (χ1) is 5.44. The first-order valence-electron chi connectivity index (χ1n) is 4.28. The molecular weight excluding hydrogens is 174 g/mol. The fourth-order valence-electron chi connectivity index (χ4n) is 1.51. The van der Waals surface area contributed by atoms with Gasteiger partial charge in [0.05, 0.1) is 0 Å². The molecule has 1 unspecified atom stereocenters. The summed E-state index contributed by atoms with van der Waals surface area (Å²) in [5.41, 5.74) is 0.679. The lowest BCUT2D eigenvalue weighted by molar-refractivity contribution is 0.244. The van der Waals surface area contributed by atoms with Crippen molar-refractivity contribution in [3.8, 4) is 0 Å². The third-order valence-corrected chi connectivity index (χ3v) is 2.21. The third kappa shape index (κ3) is 8.17. The van der Waals surface area contributed by atoms with Gasteiger partial charge in [-0.05, 0) is 18.3 Å². The van der Waals surface area contributed by atoms with Gasteiger partial charge in [0.25, 0.3) is 0 Å². The summed E-state index contributed by atoms with van der Waals surface area (Å²) in [6, 6.07) is 0. The second-order valence-corrected chi connectivity index (χ2v) is 4.51. The molecule has 0 amide bonds. The fraction of sp³-hybridized carbons (Fsp3) is 1.00. The molecule has 1 fully saturated rings. The highest BCUT2D eigenvalue weighted by Gasteiger charge is 2.19. The van der Waals surface area contributed by atoms with Crippen molar-refractivity contribution in [1.29, 1.82) is 0 Å². The summed E-state index contributed by atoms with van der Waals surface area (Å²) < 4.78 is 17.6. The van der Waals surface area contributed by atoms with Crippen molar-refractivity contribution in [1.82, 2.24) is 0 Å². The van der Waals surface area contributed by atoms with Crippen LogP contribution < -0.4 is 5.14 Å². The summed E-state index contributed by atoms with van der Waals surface area (Å²) in [6.07, 6.45) is 7.31. The summed E-state index contributed by atoms with van der Waals surface area (Å²) in [5, 5.41) is 4.03. The van der Waals surface area contributed by atoms with E-state index in [0.29, 0.717) is 5.41 Å². The molecule has 2 N–H and O–H groups in total. The highest BCUT2D eigenvalue weighted by atomic mass is 32.2. The molecule has 0 heterocycles. The zero-order valence-electron chi connectivity index (χ0n) is 7.84. The monoisotopic (exact) mass is 192 g/mol. The van der Waals surface area contributed by atoms with Gasteiger partial charge in [0.2, 0.25) is 0 Å². The molecule has 4 heteroatoms. The number of hydrogen-bond donors (Lipinski definition) is 1. The average molecular weight is 192 g/mol. The summed E-state index contributed by atoms with van der Waals surface area (Å²) in [6.45, 7) is 4.76. The lowest BCUT2D eigenvalue weighted by atomic mass is 9.78. The summed E-state index contributed by atoms with van der Waals surface area (Å²) >= 11 is -2.36. The average Bonchev–Trinajstić information content (AvgIpc) is 1.85. The number of rotatable bonds is 0. The Morgan fingerprint density at radius 2 is 1.58 bits per heavy atom. The second kappa shape index (κ2) is 5.67. The SMILES string of the molecule is CC1(C)CCCCC1.NS(=O)[O-]. The summed E-state index contributed by atoms with van der Waals surface area (Å²) in [5.74, 6) is 0. The summed E-state index contributed by atoms with van der Waals surface area (Å²) in [4.78, 5) is 0. The van der Waals surface area contributed by atoms with E-state index in [1.165, 1.54) is 32.1 Å². The minimum absolute atomic E-state index is 0.679. The Balaban J connectivity index is 0.000000261. The molecule has 1 atom stereocenters. The van der Waals surface area contributed by atoms with Crippen molar-refractivity contribution in [2.45, 2.75) is 46.0 Å². The first kappa shape index (κ1) is 12.1. The van der Waals surface area contributed by atoms with E-state index in [1.54, 1.807) is 0 Å². The molecule has 1 aliphatic rings. The van der Waals surface area contributed by atoms with Crippen LogP contribution in [0.1, 0.15) is 46.0 Å². The van der Waals surface area contributed by atoms with Gasteiger partial charge in [-0.2, -0.15) is 0 Å². The van der Waals surface area contributed by atoms with Crippen molar-refractivity contribution in [3.63, 3.8) is 0 Å². The Morgan fingerprint density at radius 1 is 1.25 bits per heavy atom. The maximum atomic E-state index is 8.78. The predicted octanol–water partition coefficient (Wildman–Crippen LogP) is 1.72. The number of nitrogens with two attached hydrogens (primary N) is 1. The molecule has 0 aliphatic heterocycles. The van der Waals surface area contributed by atoms with Gasteiger partial charge in [-0.3, -0.25) is 9.35 Å². The van der Waals surface area contributed by atoms with Gasteiger partial charge in [0, 0.05) is 11.3 Å². The van der Waals surface area contributed by atoms with Crippen LogP contribution in [0, 0.1) is 5.41 Å². The van der Waals surface area contributed by atoms with Crippen LogP contribution in [0.2, 0.25) is 0 Å².